The summed E-state index contributed by atoms with van der Waals surface area (Å²) in [5.74, 6) is 0. The summed E-state index contributed by atoms with van der Waals surface area (Å²) in [5, 5.41) is 3.20. The summed E-state index contributed by atoms with van der Waals surface area (Å²) >= 11 is 0. The van der Waals surface area contributed by atoms with Crippen molar-refractivity contribution < 1.29 is 0 Å². The van der Waals surface area contributed by atoms with Crippen molar-refractivity contribution in [3.05, 3.63) is 42.6 Å². The number of allylic oxidation sites excluding steroid dienone is 1. The summed E-state index contributed by atoms with van der Waals surface area (Å²) in [6.45, 7) is 2.17. The number of anilines is 1. The SMILES string of the molecule is CCCC=CNc1ccccc1. The average Bonchev–Trinajstić information content (AvgIpc) is 2.14. The van der Waals surface area contributed by atoms with Crippen LogP contribution in [0.3, 0.4) is 0 Å². The number of rotatable bonds is 4. The zero-order valence-corrected chi connectivity index (χ0v) is 7.46. The molecule has 0 aliphatic heterocycles. The molecule has 1 aromatic carbocycles. The molecule has 1 aromatic rings. The molecule has 1 rings (SSSR count). The van der Waals surface area contributed by atoms with Crippen LogP contribution in [0.25, 0.3) is 0 Å². The molecule has 1 N–H and O–H groups in total. The second-order valence-corrected chi connectivity index (χ2v) is 2.70. The van der Waals surface area contributed by atoms with Crippen LogP contribution in [0, 0.1) is 0 Å². The molecule has 0 saturated carbocycles. The van der Waals surface area contributed by atoms with E-state index in [1.165, 1.54) is 6.42 Å². The molecule has 0 atom stereocenters. The largest absolute Gasteiger partial charge is 0.362 e. The first-order valence-corrected chi connectivity index (χ1v) is 4.40. The normalized spacial score (nSPS) is 10.4. The molecule has 0 saturated heterocycles. The van der Waals surface area contributed by atoms with Crippen molar-refractivity contribution in [1.29, 1.82) is 0 Å². The lowest BCUT2D eigenvalue weighted by Gasteiger charge is -1.97. The Morgan fingerprint density at radius 2 is 2.00 bits per heavy atom. The lowest BCUT2D eigenvalue weighted by Crippen LogP contribution is -1.85. The van der Waals surface area contributed by atoms with Gasteiger partial charge in [-0.05, 0) is 24.8 Å². The standard InChI is InChI=1S/C11H15N/c1-2-3-7-10-12-11-8-5-4-6-9-11/h4-10,12H,2-3H2,1H3. The summed E-state index contributed by atoms with van der Waals surface area (Å²) in [6.07, 6.45) is 6.48. The van der Waals surface area contributed by atoms with E-state index >= 15 is 0 Å². The molecule has 0 radical (unpaired) electrons. The Kier molecular flexibility index (Phi) is 4.00. The predicted molar refractivity (Wildman–Crippen MR) is 54.1 cm³/mol. The molecular formula is C11H15N. The maximum atomic E-state index is 3.20. The van der Waals surface area contributed by atoms with Gasteiger partial charge in [0, 0.05) is 5.69 Å². The minimum Gasteiger partial charge on any atom is -0.362 e. The van der Waals surface area contributed by atoms with E-state index in [2.05, 4.69) is 30.4 Å². The van der Waals surface area contributed by atoms with E-state index in [9.17, 15) is 0 Å². The first-order chi connectivity index (χ1) is 5.93. The van der Waals surface area contributed by atoms with Crippen LogP contribution >= 0.6 is 0 Å². The van der Waals surface area contributed by atoms with E-state index in [4.69, 9.17) is 0 Å². The molecule has 0 bridgehead atoms. The van der Waals surface area contributed by atoms with Gasteiger partial charge in [-0.15, -0.1) is 0 Å². The second kappa shape index (κ2) is 5.42. The fraction of sp³-hybridized carbons (Fsp3) is 0.273. The first-order valence-electron chi connectivity index (χ1n) is 4.40. The van der Waals surface area contributed by atoms with Gasteiger partial charge in [-0.3, -0.25) is 0 Å². The highest BCUT2D eigenvalue weighted by Crippen LogP contribution is 2.04. The molecule has 0 amide bonds. The van der Waals surface area contributed by atoms with Crippen molar-refractivity contribution in [3.63, 3.8) is 0 Å². The average molecular weight is 161 g/mol. The van der Waals surface area contributed by atoms with Crippen LogP contribution in [0.15, 0.2) is 42.6 Å². The number of hydrogen-bond acceptors (Lipinski definition) is 1. The third-order valence-electron chi connectivity index (χ3n) is 1.60. The van der Waals surface area contributed by atoms with Gasteiger partial charge < -0.3 is 5.32 Å². The van der Waals surface area contributed by atoms with Gasteiger partial charge in [-0.25, -0.2) is 0 Å². The van der Waals surface area contributed by atoms with Gasteiger partial charge in [0.05, 0.1) is 0 Å². The van der Waals surface area contributed by atoms with Crippen molar-refractivity contribution in [2.75, 3.05) is 5.32 Å². The molecule has 0 aliphatic rings. The lowest BCUT2D eigenvalue weighted by molar-refractivity contribution is 0.957. The molecule has 0 unspecified atom stereocenters. The van der Waals surface area contributed by atoms with Crippen LogP contribution in [0.4, 0.5) is 5.69 Å². The van der Waals surface area contributed by atoms with Gasteiger partial charge in [0.1, 0.15) is 0 Å². The maximum absolute atomic E-state index is 3.20. The molecule has 0 spiro atoms. The van der Waals surface area contributed by atoms with E-state index < -0.39 is 0 Å². The summed E-state index contributed by atoms with van der Waals surface area (Å²) in [5.41, 5.74) is 1.14. The third kappa shape index (κ3) is 3.24. The summed E-state index contributed by atoms with van der Waals surface area (Å²) in [6, 6.07) is 10.2. The molecule has 0 heterocycles. The second-order valence-electron chi connectivity index (χ2n) is 2.70. The van der Waals surface area contributed by atoms with Gasteiger partial charge in [0.15, 0.2) is 0 Å². The monoisotopic (exact) mass is 161 g/mol. The van der Waals surface area contributed by atoms with E-state index in [1.54, 1.807) is 0 Å². The third-order valence-corrected chi connectivity index (χ3v) is 1.60. The van der Waals surface area contributed by atoms with Crippen molar-refractivity contribution in [2.24, 2.45) is 0 Å². The Hall–Kier alpha value is -1.24. The van der Waals surface area contributed by atoms with Crippen molar-refractivity contribution in [2.45, 2.75) is 19.8 Å². The Labute approximate surface area is 74.1 Å². The van der Waals surface area contributed by atoms with Crippen molar-refractivity contribution in [1.82, 2.24) is 0 Å². The molecule has 1 heteroatoms. The van der Waals surface area contributed by atoms with Crippen LogP contribution in [0.1, 0.15) is 19.8 Å². The number of para-hydroxylation sites is 1. The minimum absolute atomic E-state index is 1.14. The molecule has 0 aliphatic carbocycles. The van der Waals surface area contributed by atoms with Gasteiger partial charge in [-0.1, -0.05) is 37.6 Å². The first kappa shape index (κ1) is 8.85. The molecule has 0 aromatic heterocycles. The summed E-state index contributed by atoms with van der Waals surface area (Å²) in [4.78, 5) is 0. The van der Waals surface area contributed by atoms with E-state index in [1.807, 2.05) is 24.4 Å². The number of nitrogens with one attached hydrogen (secondary N) is 1. The Morgan fingerprint density at radius 1 is 1.25 bits per heavy atom. The van der Waals surface area contributed by atoms with Crippen LogP contribution in [-0.2, 0) is 0 Å². The number of benzene rings is 1. The predicted octanol–water partition coefficient (Wildman–Crippen LogP) is 3.41. The topological polar surface area (TPSA) is 12.0 Å². The van der Waals surface area contributed by atoms with E-state index in [-0.39, 0.29) is 0 Å². The van der Waals surface area contributed by atoms with E-state index in [0.717, 1.165) is 12.1 Å². The van der Waals surface area contributed by atoms with Crippen molar-refractivity contribution >= 4 is 5.69 Å². The summed E-state index contributed by atoms with van der Waals surface area (Å²) < 4.78 is 0. The quantitative estimate of drug-likeness (QED) is 0.713. The number of unbranched alkanes of at least 4 members (excludes halogenated alkanes) is 1. The molecule has 0 fully saturated rings. The zero-order valence-electron chi connectivity index (χ0n) is 7.46. The zero-order chi connectivity index (χ0) is 8.65. The summed E-state index contributed by atoms with van der Waals surface area (Å²) in [7, 11) is 0. The Bertz CT molecular complexity index is 226. The van der Waals surface area contributed by atoms with Crippen LogP contribution in [-0.4, -0.2) is 0 Å². The molecule has 64 valence electrons. The fourth-order valence-corrected chi connectivity index (χ4v) is 0.940. The van der Waals surface area contributed by atoms with E-state index in [0.29, 0.717) is 0 Å². The fourth-order valence-electron chi connectivity index (χ4n) is 0.940. The minimum atomic E-state index is 1.14. The smallest absolute Gasteiger partial charge is 0.0379 e. The van der Waals surface area contributed by atoms with Crippen LogP contribution in [0.2, 0.25) is 0 Å². The highest BCUT2D eigenvalue weighted by molar-refractivity contribution is 5.44. The van der Waals surface area contributed by atoms with Gasteiger partial charge in [-0.2, -0.15) is 0 Å². The van der Waals surface area contributed by atoms with Gasteiger partial charge in [0.25, 0.3) is 0 Å². The lowest BCUT2D eigenvalue weighted by atomic mass is 10.3. The highest BCUT2D eigenvalue weighted by atomic mass is 14.8. The van der Waals surface area contributed by atoms with Gasteiger partial charge >= 0.3 is 0 Å². The number of hydrogen-bond donors (Lipinski definition) is 1. The van der Waals surface area contributed by atoms with Gasteiger partial charge in [0.2, 0.25) is 0 Å². The van der Waals surface area contributed by atoms with Crippen molar-refractivity contribution in [3.8, 4) is 0 Å². The molecule has 12 heavy (non-hydrogen) atoms. The Balaban J connectivity index is 2.33. The maximum Gasteiger partial charge on any atom is 0.0379 e. The van der Waals surface area contributed by atoms with Crippen LogP contribution < -0.4 is 5.32 Å². The van der Waals surface area contributed by atoms with Crippen LogP contribution in [0.5, 0.6) is 0 Å². The highest BCUT2D eigenvalue weighted by Gasteiger charge is 1.81. The Morgan fingerprint density at radius 3 is 2.67 bits per heavy atom. The molecular weight excluding hydrogens is 146 g/mol. The molecule has 1 nitrogen and oxygen atoms in total.